The molecule has 1 atom stereocenters. The lowest BCUT2D eigenvalue weighted by atomic mass is 10.1. The maximum atomic E-state index is 11.8. The first-order valence-electron chi connectivity index (χ1n) is 6.64. The van der Waals surface area contributed by atoms with Gasteiger partial charge in [0.1, 0.15) is 0 Å². The third kappa shape index (κ3) is 3.68. The Bertz CT molecular complexity index is 547. The molecule has 20 heavy (non-hydrogen) atoms. The standard InChI is InChI=1S/C15H18N2O3/c1-2-12(10-18)16-15(19)9-13-8-14(20-17-13)11-6-4-3-5-7-11/h3-8,12,18H,2,9-10H2,1H3,(H,16,19). The molecule has 0 saturated heterocycles. The zero-order valence-corrected chi connectivity index (χ0v) is 11.4. The number of hydrogen-bond donors (Lipinski definition) is 2. The minimum absolute atomic E-state index is 0.0592. The van der Waals surface area contributed by atoms with E-state index in [0.717, 1.165) is 5.56 Å². The fourth-order valence-electron chi connectivity index (χ4n) is 1.85. The maximum absolute atomic E-state index is 11.8. The van der Waals surface area contributed by atoms with Crippen molar-refractivity contribution in [2.45, 2.75) is 25.8 Å². The summed E-state index contributed by atoms with van der Waals surface area (Å²) >= 11 is 0. The summed E-state index contributed by atoms with van der Waals surface area (Å²) in [5.41, 5.74) is 1.50. The molecule has 0 aliphatic heterocycles. The number of aliphatic hydroxyl groups is 1. The van der Waals surface area contributed by atoms with Crippen molar-refractivity contribution < 1.29 is 14.4 Å². The van der Waals surface area contributed by atoms with E-state index in [-0.39, 0.29) is 25.0 Å². The van der Waals surface area contributed by atoms with Gasteiger partial charge in [-0.15, -0.1) is 0 Å². The van der Waals surface area contributed by atoms with Gasteiger partial charge in [0.25, 0.3) is 0 Å². The number of carbonyl (C=O) groups excluding carboxylic acids is 1. The Hall–Kier alpha value is -2.14. The van der Waals surface area contributed by atoms with Gasteiger partial charge in [-0.3, -0.25) is 4.79 Å². The summed E-state index contributed by atoms with van der Waals surface area (Å²) in [5.74, 6) is 0.474. The number of aliphatic hydroxyl groups excluding tert-OH is 1. The second-order valence-corrected chi connectivity index (χ2v) is 4.58. The molecule has 0 fully saturated rings. The fraction of sp³-hybridized carbons (Fsp3) is 0.333. The van der Waals surface area contributed by atoms with E-state index in [9.17, 15) is 4.79 Å². The van der Waals surface area contributed by atoms with E-state index in [1.54, 1.807) is 6.07 Å². The Balaban J connectivity index is 1.98. The molecular formula is C15H18N2O3. The third-order valence-electron chi connectivity index (χ3n) is 3.04. The minimum atomic E-state index is -0.206. The predicted octanol–water partition coefficient (Wildman–Crippen LogP) is 1.77. The molecule has 5 heteroatoms. The summed E-state index contributed by atoms with van der Waals surface area (Å²) in [7, 11) is 0. The molecule has 5 nitrogen and oxygen atoms in total. The predicted molar refractivity (Wildman–Crippen MR) is 75.0 cm³/mol. The van der Waals surface area contributed by atoms with E-state index in [1.807, 2.05) is 37.3 Å². The van der Waals surface area contributed by atoms with Crippen LogP contribution in [0.4, 0.5) is 0 Å². The first kappa shape index (κ1) is 14.3. The lowest BCUT2D eigenvalue weighted by Crippen LogP contribution is -2.37. The van der Waals surface area contributed by atoms with Gasteiger partial charge in [-0.05, 0) is 6.42 Å². The molecule has 1 aromatic carbocycles. The molecule has 1 heterocycles. The van der Waals surface area contributed by atoms with Crippen molar-refractivity contribution in [1.29, 1.82) is 0 Å². The summed E-state index contributed by atoms with van der Waals surface area (Å²) < 4.78 is 5.23. The van der Waals surface area contributed by atoms with Gasteiger partial charge >= 0.3 is 0 Å². The zero-order chi connectivity index (χ0) is 14.4. The SMILES string of the molecule is CCC(CO)NC(=O)Cc1cc(-c2ccccc2)on1. The van der Waals surface area contributed by atoms with Crippen molar-refractivity contribution in [3.8, 4) is 11.3 Å². The van der Waals surface area contributed by atoms with E-state index in [0.29, 0.717) is 17.9 Å². The van der Waals surface area contributed by atoms with Gasteiger partial charge in [-0.1, -0.05) is 42.4 Å². The monoisotopic (exact) mass is 274 g/mol. The highest BCUT2D eigenvalue weighted by atomic mass is 16.5. The quantitative estimate of drug-likeness (QED) is 0.841. The second-order valence-electron chi connectivity index (χ2n) is 4.58. The highest BCUT2D eigenvalue weighted by Crippen LogP contribution is 2.19. The van der Waals surface area contributed by atoms with Crippen molar-refractivity contribution in [1.82, 2.24) is 10.5 Å². The average molecular weight is 274 g/mol. The summed E-state index contributed by atoms with van der Waals surface area (Å²) in [6, 6.07) is 11.1. The summed E-state index contributed by atoms with van der Waals surface area (Å²) in [4.78, 5) is 11.8. The summed E-state index contributed by atoms with van der Waals surface area (Å²) in [5, 5.41) is 15.7. The van der Waals surface area contributed by atoms with Crippen LogP contribution >= 0.6 is 0 Å². The van der Waals surface area contributed by atoms with E-state index in [2.05, 4.69) is 10.5 Å². The van der Waals surface area contributed by atoms with Gasteiger partial charge in [0.2, 0.25) is 5.91 Å². The Labute approximate surface area is 117 Å². The first-order chi connectivity index (χ1) is 9.72. The maximum Gasteiger partial charge on any atom is 0.226 e. The smallest absolute Gasteiger partial charge is 0.226 e. The van der Waals surface area contributed by atoms with Gasteiger partial charge in [-0.25, -0.2) is 0 Å². The Morgan fingerprint density at radius 1 is 1.40 bits per heavy atom. The van der Waals surface area contributed by atoms with Crippen molar-refractivity contribution in [2.75, 3.05) is 6.61 Å². The van der Waals surface area contributed by atoms with Gasteiger partial charge in [0, 0.05) is 11.6 Å². The van der Waals surface area contributed by atoms with Gasteiger partial charge < -0.3 is 14.9 Å². The Morgan fingerprint density at radius 2 is 2.15 bits per heavy atom. The molecule has 1 amide bonds. The third-order valence-corrected chi connectivity index (χ3v) is 3.04. The average Bonchev–Trinajstić information content (AvgIpc) is 2.94. The van der Waals surface area contributed by atoms with Crippen LogP contribution < -0.4 is 5.32 Å². The normalized spacial score (nSPS) is 12.1. The van der Waals surface area contributed by atoms with Crippen LogP contribution in [0.1, 0.15) is 19.0 Å². The topological polar surface area (TPSA) is 75.4 Å². The number of amides is 1. The van der Waals surface area contributed by atoms with Gasteiger partial charge in [-0.2, -0.15) is 0 Å². The van der Waals surface area contributed by atoms with Gasteiger partial charge in [0.05, 0.1) is 24.8 Å². The van der Waals surface area contributed by atoms with Crippen LogP contribution in [0.25, 0.3) is 11.3 Å². The van der Waals surface area contributed by atoms with Crippen molar-refractivity contribution in [2.24, 2.45) is 0 Å². The second kappa shape index (κ2) is 6.86. The van der Waals surface area contributed by atoms with E-state index in [1.165, 1.54) is 0 Å². The van der Waals surface area contributed by atoms with Crippen LogP contribution in [-0.2, 0) is 11.2 Å². The molecule has 0 aliphatic rings. The molecule has 0 radical (unpaired) electrons. The van der Waals surface area contributed by atoms with Crippen LogP contribution in [-0.4, -0.2) is 28.8 Å². The van der Waals surface area contributed by atoms with E-state index < -0.39 is 0 Å². The molecule has 0 saturated carbocycles. The summed E-state index contributed by atoms with van der Waals surface area (Å²) in [6.45, 7) is 1.85. The number of rotatable bonds is 6. The van der Waals surface area contributed by atoms with Crippen LogP contribution in [0.3, 0.4) is 0 Å². The molecule has 2 aromatic rings. The number of nitrogens with one attached hydrogen (secondary N) is 1. The highest BCUT2D eigenvalue weighted by molar-refractivity contribution is 5.78. The number of aromatic nitrogens is 1. The lowest BCUT2D eigenvalue weighted by molar-refractivity contribution is -0.121. The van der Waals surface area contributed by atoms with Crippen LogP contribution in [0.15, 0.2) is 40.9 Å². The zero-order valence-electron chi connectivity index (χ0n) is 11.4. The van der Waals surface area contributed by atoms with Crippen LogP contribution in [0.5, 0.6) is 0 Å². The molecule has 1 unspecified atom stereocenters. The summed E-state index contributed by atoms with van der Waals surface area (Å²) in [6.07, 6.45) is 0.836. The Kier molecular flexibility index (Phi) is 4.90. The number of nitrogens with zero attached hydrogens (tertiary/aromatic N) is 1. The van der Waals surface area contributed by atoms with Crippen molar-refractivity contribution >= 4 is 5.91 Å². The first-order valence-corrected chi connectivity index (χ1v) is 6.64. The molecule has 2 N–H and O–H groups in total. The van der Waals surface area contributed by atoms with Crippen LogP contribution in [0.2, 0.25) is 0 Å². The molecule has 1 aromatic heterocycles. The molecule has 0 aliphatic carbocycles. The highest BCUT2D eigenvalue weighted by Gasteiger charge is 2.13. The molecule has 2 rings (SSSR count). The Morgan fingerprint density at radius 3 is 2.80 bits per heavy atom. The van der Waals surface area contributed by atoms with Crippen molar-refractivity contribution in [3.63, 3.8) is 0 Å². The fourth-order valence-corrected chi connectivity index (χ4v) is 1.85. The van der Waals surface area contributed by atoms with E-state index in [4.69, 9.17) is 9.63 Å². The van der Waals surface area contributed by atoms with Crippen molar-refractivity contribution in [3.05, 3.63) is 42.1 Å². The van der Waals surface area contributed by atoms with Crippen LogP contribution in [0, 0.1) is 0 Å². The number of benzene rings is 1. The largest absolute Gasteiger partial charge is 0.394 e. The molecule has 0 spiro atoms. The van der Waals surface area contributed by atoms with E-state index >= 15 is 0 Å². The molecule has 0 bridgehead atoms. The lowest BCUT2D eigenvalue weighted by Gasteiger charge is -2.12. The number of hydrogen-bond acceptors (Lipinski definition) is 4. The number of carbonyl (C=O) groups is 1. The minimum Gasteiger partial charge on any atom is -0.394 e. The molecular weight excluding hydrogens is 256 g/mol. The van der Waals surface area contributed by atoms with Gasteiger partial charge in [0.15, 0.2) is 5.76 Å². The molecule has 106 valence electrons.